The van der Waals surface area contributed by atoms with Gasteiger partial charge in [0, 0.05) is 30.6 Å². The molecule has 1 saturated carbocycles. The van der Waals surface area contributed by atoms with Crippen molar-refractivity contribution in [2.75, 3.05) is 12.4 Å². The Labute approximate surface area is 106 Å². The fourth-order valence-corrected chi connectivity index (χ4v) is 2.30. The van der Waals surface area contributed by atoms with Gasteiger partial charge in [0.15, 0.2) is 0 Å². The molecule has 0 amide bonds. The zero-order valence-electron chi connectivity index (χ0n) is 10.4. The third-order valence-corrected chi connectivity index (χ3v) is 3.47. The molecule has 0 unspecified atom stereocenters. The first kappa shape index (κ1) is 11.3. The summed E-state index contributed by atoms with van der Waals surface area (Å²) in [4.78, 5) is 0. The molecule has 0 atom stereocenters. The Bertz CT molecular complexity index is 504. The van der Waals surface area contributed by atoms with Crippen LogP contribution < -0.4 is 5.32 Å². The van der Waals surface area contributed by atoms with Crippen molar-refractivity contribution in [1.82, 2.24) is 10.2 Å². The predicted molar refractivity (Wildman–Crippen MR) is 71.5 cm³/mol. The summed E-state index contributed by atoms with van der Waals surface area (Å²) in [6.07, 6.45) is 4.37. The van der Waals surface area contributed by atoms with Gasteiger partial charge in [0.2, 0.25) is 0 Å². The van der Waals surface area contributed by atoms with Gasteiger partial charge in [-0.15, -0.1) is 0 Å². The van der Waals surface area contributed by atoms with Gasteiger partial charge in [0.1, 0.15) is 0 Å². The number of hydrogen-bond donors (Lipinski definition) is 2. The largest absolute Gasteiger partial charge is 0.382 e. The Kier molecular flexibility index (Phi) is 3.02. The summed E-state index contributed by atoms with van der Waals surface area (Å²) in [5.41, 5.74) is 3.35. The van der Waals surface area contributed by atoms with Crippen LogP contribution >= 0.6 is 0 Å². The number of anilines is 1. The summed E-state index contributed by atoms with van der Waals surface area (Å²) < 4.78 is 5.28. The lowest BCUT2D eigenvalue weighted by Crippen LogP contribution is -2.40. The molecule has 0 bridgehead atoms. The third kappa shape index (κ3) is 2.24. The maximum Gasteiger partial charge on any atom is 0.0650 e. The van der Waals surface area contributed by atoms with E-state index in [0.717, 1.165) is 29.8 Å². The fraction of sp³-hybridized carbons (Fsp3) is 0.357. The van der Waals surface area contributed by atoms with Gasteiger partial charge >= 0.3 is 0 Å². The molecule has 1 fully saturated rings. The Morgan fingerprint density at radius 1 is 1.33 bits per heavy atom. The molecule has 94 valence electrons. The quantitative estimate of drug-likeness (QED) is 0.868. The summed E-state index contributed by atoms with van der Waals surface area (Å²) in [6.45, 7) is 0. The average Bonchev–Trinajstić information content (AvgIpc) is 2.87. The van der Waals surface area contributed by atoms with Crippen LogP contribution in [0.1, 0.15) is 12.8 Å². The highest BCUT2D eigenvalue weighted by molar-refractivity contribution is 5.64. The fourth-order valence-electron chi connectivity index (χ4n) is 2.30. The molecule has 0 saturated heterocycles. The molecular formula is C14H17N3O. The molecule has 0 aliphatic heterocycles. The summed E-state index contributed by atoms with van der Waals surface area (Å²) in [5, 5.41) is 10.5. The van der Waals surface area contributed by atoms with Crippen molar-refractivity contribution >= 4 is 5.69 Å². The van der Waals surface area contributed by atoms with E-state index in [4.69, 9.17) is 4.74 Å². The van der Waals surface area contributed by atoms with Gasteiger partial charge in [-0.1, -0.05) is 12.1 Å². The van der Waals surface area contributed by atoms with Gasteiger partial charge < -0.3 is 10.1 Å². The van der Waals surface area contributed by atoms with E-state index in [-0.39, 0.29) is 0 Å². The van der Waals surface area contributed by atoms with Gasteiger partial charge in [-0.2, -0.15) is 5.10 Å². The monoisotopic (exact) mass is 243 g/mol. The van der Waals surface area contributed by atoms with E-state index >= 15 is 0 Å². The number of nitrogens with one attached hydrogen (secondary N) is 2. The van der Waals surface area contributed by atoms with Gasteiger partial charge in [-0.05, 0) is 31.0 Å². The number of methoxy groups -OCH3 is 1. The first-order valence-corrected chi connectivity index (χ1v) is 6.24. The summed E-state index contributed by atoms with van der Waals surface area (Å²) in [5.74, 6) is 0. The van der Waals surface area contributed by atoms with Crippen LogP contribution in [0.3, 0.4) is 0 Å². The SMILES string of the molecule is COC1CC(Nc2cccc(-c3ccn[nH]3)c2)C1. The number of nitrogens with zero attached hydrogens (tertiary/aromatic N) is 1. The van der Waals surface area contributed by atoms with Crippen molar-refractivity contribution in [1.29, 1.82) is 0 Å². The van der Waals surface area contributed by atoms with Crippen LogP contribution in [0.2, 0.25) is 0 Å². The number of hydrogen-bond acceptors (Lipinski definition) is 3. The van der Waals surface area contributed by atoms with E-state index in [0.29, 0.717) is 12.1 Å². The van der Waals surface area contributed by atoms with E-state index in [1.54, 1.807) is 13.3 Å². The smallest absolute Gasteiger partial charge is 0.0650 e. The number of aromatic amines is 1. The zero-order chi connectivity index (χ0) is 12.4. The molecule has 0 radical (unpaired) electrons. The number of ether oxygens (including phenoxy) is 1. The molecule has 1 aromatic heterocycles. The first-order valence-electron chi connectivity index (χ1n) is 6.24. The number of aromatic nitrogens is 2. The highest BCUT2D eigenvalue weighted by Crippen LogP contribution is 2.27. The zero-order valence-corrected chi connectivity index (χ0v) is 10.4. The van der Waals surface area contributed by atoms with E-state index in [1.165, 1.54) is 0 Å². The second-order valence-corrected chi connectivity index (χ2v) is 4.72. The average molecular weight is 243 g/mol. The Morgan fingerprint density at radius 2 is 2.22 bits per heavy atom. The van der Waals surface area contributed by atoms with E-state index in [9.17, 15) is 0 Å². The lowest BCUT2D eigenvalue weighted by Gasteiger charge is -2.35. The number of H-pyrrole nitrogens is 1. The van der Waals surface area contributed by atoms with Crippen LogP contribution in [0, 0.1) is 0 Å². The van der Waals surface area contributed by atoms with Crippen LogP contribution in [0.25, 0.3) is 11.3 Å². The molecule has 4 heteroatoms. The van der Waals surface area contributed by atoms with Crippen molar-refractivity contribution in [3.05, 3.63) is 36.5 Å². The molecule has 4 nitrogen and oxygen atoms in total. The molecule has 1 heterocycles. The van der Waals surface area contributed by atoms with Crippen molar-refractivity contribution in [3.8, 4) is 11.3 Å². The predicted octanol–water partition coefficient (Wildman–Crippen LogP) is 2.67. The van der Waals surface area contributed by atoms with Crippen LogP contribution in [0.4, 0.5) is 5.69 Å². The molecule has 0 spiro atoms. The lowest BCUT2D eigenvalue weighted by atomic mass is 9.89. The summed E-state index contributed by atoms with van der Waals surface area (Å²) >= 11 is 0. The van der Waals surface area contributed by atoms with Crippen LogP contribution in [-0.4, -0.2) is 29.5 Å². The molecule has 2 aromatic rings. The van der Waals surface area contributed by atoms with Crippen LogP contribution in [0.5, 0.6) is 0 Å². The molecule has 18 heavy (non-hydrogen) atoms. The maximum absolute atomic E-state index is 5.28. The van der Waals surface area contributed by atoms with Crippen molar-refractivity contribution in [3.63, 3.8) is 0 Å². The van der Waals surface area contributed by atoms with E-state index < -0.39 is 0 Å². The molecule has 1 aromatic carbocycles. The topological polar surface area (TPSA) is 49.9 Å². The first-order chi connectivity index (χ1) is 8.85. The number of rotatable bonds is 4. The summed E-state index contributed by atoms with van der Waals surface area (Å²) in [7, 11) is 1.78. The van der Waals surface area contributed by atoms with Crippen molar-refractivity contribution in [2.24, 2.45) is 0 Å². The second kappa shape index (κ2) is 4.82. The molecule has 2 N–H and O–H groups in total. The van der Waals surface area contributed by atoms with Gasteiger partial charge in [-0.25, -0.2) is 0 Å². The molecular weight excluding hydrogens is 226 g/mol. The van der Waals surface area contributed by atoms with Gasteiger partial charge in [0.25, 0.3) is 0 Å². The van der Waals surface area contributed by atoms with Gasteiger partial charge in [-0.3, -0.25) is 5.10 Å². The van der Waals surface area contributed by atoms with Gasteiger partial charge in [0.05, 0.1) is 11.8 Å². The third-order valence-electron chi connectivity index (χ3n) is 3.47. The van der Waals surface area contributed by atoms with Crippen molar-refractivity contribution < 1.29 is 4.74 Å². The highest BCUT2D eigenvalue weighted by Gasteiger charge is 2.28. The van der Waals surface area contributed by atoms with Crippen molar-refractivity contribution in [2.45, 2.75) is 25.0 Å². The molecule has 1 aliphatic rings. The Balaban J connectivity index is 1.68. The second-order valence-electron chi connectivity index (χ2n) is 4.72. The highest BCUT2D eigenvalue weighted by atomic mass is 16.5. The Morgan fingerprint density at radius 3 is 2.94 bits per heavy atom. The minimum Gasteiger partial charge on any atom is -0.382 e. The van der Waals surface area contributed by atoms with Crippen LogP contribution in [0.15, 0.2) is 36.5 Å². The molecule has 3 rings (SSSR count). The summed E-state index contributed by atoms with van der Waals surface area (Å²) in [6, 6.07) is 10.9. The maximum atomic E-state index is 5.28. The normalized spacial score (nSPS) is 22.5. The standard InChI is InChI=1S/C14H17N3O/c1-18-13-8-12(9-13)16-11-4-2-3-10(7-11)14-5-6-15-17-14/h2-7,12-13,16H,8-9H2,1H3,(H,15,17). The van der Waals surface area contributed by atoms with E-state index in [2.05, 4.69) is 39.8 Å². The van der Waals surface area contributed by atoms with Crippen LogP contribution in [-0.2, 0) is 4.74 Å². The lowest BCUT2D eigenvalue weighted by molar-refractivity contribution is 0.0329. The molecule has 1 aliphatic carbocycles. The Hall–Kier alpha value is -1.81. The van der Waals surface area contributed by atoms with E-state index in [1.807, 2.05) is 6.07 Å². The number of benzene rings is 1. The minimum absolute atomic E-state index is 0.429. The minimum atomic E-state index is 0.429.